The molecule has 1 aliphatic heterocycles. The molecule has 0 bridgehead atoms. The van der Waals surface area contributed by atoms with E-state index in [9.17, 15) is 9.18 Å². The summed E-state index contributed by atoms with van der Waals surface area (Å²) in [6.07, 6.45) is 3.52. The standard InChI is InChI=1S/C25H21ClFN3O3/c1-32-25(31)22-10-16(4-6-28-22)14-29-8-9-33-24-18(15-29)12-20(13-21(24)26)30-7-5-17-11-19(27)2-3-23(17)30/h2-7,10-13H,8-9,14-15H2,1H3. The van der Waals surface area contributed by atoms with Crippen molar-refractivity contribution in [2.24, 2.45) is 0 Å². The van der Waals surface area contributed by atoms with Gasteiger partial charge >= 0.3 is 5.97 Å². The first-order valence-corrected chi connectivity index (χ1v) is 10.9. The molecule has 2 aromatic heterocycles. The lowest BCUT2D eigenvalue weighted by Gasteiger charge is -2.20. The highest BCUT2D eigenvalue weighted by Crippen LogP contribution is 2.35. The number of esters is 1. The normalized spacial score (nSPS) is 13.9. The lowest BCUT2D eigenvalue weighted by atomic mass is 10.1. The van der Waals surface area contributed by atoms with Gasteiger partial charge in [-0.15, -0.1) is 0 Å². The highest BCUT2D eigenvalue weighted by atomic mass is 35.5. The number of aromatic nitrogens is 2. The first-order valence-electron chi connectivity index (χ1n) is 10.5. The number of nitrogens with zero attached hydrogens (tertiary/aromatic N) is 3. The number of hydrogen-bond donors (Lipinski definition) is 0. The van der Waals surface area contributed by atoms with Crippen LogP contribution in [0.15, 0.2) is 60.9 Å². The maximum atomic E-state index is 13.6. The summed E-state index contributed by atoms with van der Waals surface area (Å²) in [5.74, 6) is -0.0530. The van der Waals surface area contributed by atoms with Gasteiger partial charge in [-0.05, 0) is 54.1 Å². The topological polar surface area (TPSA) is 56.6 Å². The van der Waals surface area contributed by atoms with E-state index in [0.717, 1.165) is 27.7 Å². The molecule has 0 saturated heterocycles. The molecule has 3 heterocycles. The Labute approximate surface area is 195 Å². The van der Waals surface area contributed by atoms with E-state index in [2.05, 4.69) is 16.0 Å². The first kappa shape index (κ1) is 21.4. The van der Waals surface area contributed by atoms with Crippen LogP contribution in [0.1, 0.15) is 21.6 Å². The second-order valence-corrected chi connectivity index (χ2v) is 8.31. The molecule has 4 aromatic rings. The number of carbonyl (C=O) groups is 1. The second kappa shape index (κ2) is 8.84. The molecule has 8 heteroatoms. The number of carbonyl (C=O) groups excluding carboxylic acids is 1. The molecular formula is C25H21ClFN3O3. The van der Waals surface area contributed by atoms with Gasteiger partial charge in [0, 0.05) is 48.7 Å². The van der Waals surface area contributed by atoms with Gasteiger partial charge in [0.1, 0.15) is 23.9 Å². The molecule has 0 unspecified atom stereocenters. The van der Waals surface area contributed by atoms with Gasteiger partial charge in [-0.3, -0.25) is 4.90 Å². The van der Waals surface area contributed by atoms with Gasteiger partial charge in [0.25, 0.3) is 0 Å². The van der Waals surface area contributed by atoms with Crippen molar-refractivity contribution in [3.8, 4) is 11.4 Å². The average Bonchev–Trinajstić information content (AvgIpc) is 3.11. The highest BCUT2D eigenvalue weighted by molar-refractivity contribution is 6.32. The molecule has 0 aliphatic carbocycles. The Morgan fingerprint density at radius 2 is 2.09 bits per heavy atom. The van der Waals surface area contributed by atoms with E-state index >= 15 is 0 Å². The van der Waals surface area contributed by atoms with Crippen molar-refractivity contribution < 1.29 is 18.7 Å². The molecular weight excluding hydrogens is 445 g/mol. The fourth-order valence-corrected chi connectivity index (χ4v) is 4.46. The van der Waals surface area contributed by atoms with Crippen LogP contribution in [0.2, 0.25) is 5.02 Å². The quantitative estimate of drug-likeness (QED) is 0.397. The lowest BCUT2D eigenvalue weighted by molar-refractivity contribution is 0.0593. The maximum absolute atomic E-state index is 13.6. The van der Waals surface area contributed by atoms with Crippen LogP contribution in [0, 0.1) is 5.82 Å². The highest BCUT2D eigenvalue weighted by Gasteiger charge is 2.20. The van der Waals surface area contributed by atoms with Crippen LogP contribution in [0.3, 0.4) is 0 Å². The minimum atomic E-state index is -0.461. The Morgan fingerprint density at radius 3 is 2.94 bits per heavy atom. The molecule has 0 radical (unpaired) electrons. The SMILES string of the molecule is COC(=O)c1cc(CN2CCOc3c(Cl)cc(-n4ccc5cc(F)ccc54)cc3C2)ccn1. The Morgan fingerprint density at radius 1 is 1.21 bits per heavy atom. The molecule has 0 atom stereocenters. The van der Waals surface area contributed by atoms with Gasteiger partial charge in [0.15, 0.2) is 0 Å². The molecule has 2 aromatic carbocycles. The fourth-order valence-electron chi connectivity index (χ4n) is 4.17. The van der Waals surface area contributed by atoms with E-state index in [4.69, 9.17) is 21.1 Å². The summed E-state index contributed by atoms with van der Waals surface area (Å²) < 4.78 is 26.4. The summed E-state index contributed by atoms with van der Waals surface area (Å²) >= 11 is 6.62. The third kappa shape index (κ3) is 4.29. The van der Waals surface area contributed by atoms with Crippen LogP contribution < -0.4 is 4.74 Å². The van der Waals surface area contributed by atoms with E-state index < -0.39 is 5.97 Å². The van der Waals surface area contributed by atoms with Crippen LogP contribution in [0.25, 0.3) is 16.6 Å². The Bertz CT molecular complexity index is 1350. The van der Waals surface area contributed by atoms with E-state index in [1.54, 1.807) is 18.3 Å². The van der Waals surface area contributed by atoms with Gasteiger partial charge in [-0.1, -0.05) is 11.6 Å². The number of hydrogen-bond acceptors (Lipinski definition) is 5. The molecule has 33 heavy (non-hydrogen) atoms. The zero-order valence-electron chi connectivity index (χ0n) is 17.9. The first-order chi connectivity index (χ1) is 16.0. The van der Waals surface area contributed by atoms with Crippen molar-refractivity contribution in [2.45, 2.75) is 13.1 Å². The summed E-state index contributed by atoms with van der Waals surface area (Å²) in [4.78, 5) is 18.1. The van der Waals surface area contributed by atoms with E-state index in [1.165, 1.54) is 19.2 Å². The summed E-state index contributed by atoms with van der Waals surface area (Å²) in [6.45, 7) is 2.42. The van der Waals surface area contributed by atoms with Crippen molar-refractivity contribution in [2.75, 3.05) is 20.3 Å². The predicted octanol–water partition coefficient (Wildman–Crippen LogP) is 5.00. The van der Waals surface area contributed by atoms with Crippen molar-refractivity contribution in [3.63, 3.8) is 0 Å². The minimum Gasteiger partial charge on any atom is -0.490 e. The number of pyridine rings is 1. The van der Waals surface area contributed by atoms with Crippen LogP contribution >= 0.6 is 11.6 Å². The van der Waals surface area contributed by atoms with Crippen LogP contribution in [-0.2, 0) is 17.8 Å². The average molecular weight is 466 g/mol. The molecule has 0 fully saturated rings. The molecule has 0 spiro atoms. The van der Waals surface area contributed by atoms with Crippen molar-refractivity contribution >= 4 is 28.5 Å². The van der Waals surface area contributed by atoms with Crippen molar-refractivity contribution in [1.82, 2.24) is 14.5 Å². The number of fused-ring (bicyclic) bond motifs is 2. The number of ether oxygens (including phenoxy) is 2. The molecule has 168 valence electrons. The number of rotatable bonds is 4. The minimum absolute atomic E-state index is 0.268. The molecule has 0 saturated carbocycles. The largest absolute Gasteiger partial charge is 0.490 e. The van der Waals surface area contributed by atoms with Gasteiger partial charge in [0.2, 0.25) is 0 Å². The molecule has 5 rings (SSSR count). The summed E-state index contributed by atoms with van der Waals surface area (Å²) in [6, 6.07) is 14.1. The molecule has 0 amide bonds. The zero-order valence-corrected chi connectivity index (χ0v) is 18.7. The van der Waals surface area contributed by atoms with E-state index in [0.29, 0.717) is 37.0 Å². The van der Waals surface area contributed by atoms with Crippen molar-refractivity contribution in [1.29, 1.82) is 0 Å². The van der Waals surface area contributed by atoms with Crippen molar-refractivity contribution in [3.05, 3.63) is 88.6 Å². The summed E-state index contributed by atoms with van der Waals surface area (Å²) in [5, 5.41) is 1.35. The number of benzene rings is 2. The third-order valence-corrected chi connectivity index (χ3v) is 5.99. The second-order valence-electron chi connectivity index (χ2n) is 7.90. The fraction of sp³-hybridized carbons (Fsp3) is 0.200. The monoisotopic (exact) mass is 465 g/mol. The van der Waals surface area contributed by atoms with Crippen LogP contribution in [0.4, 0.5) is 4.39 Å². The Balaban J connectivity index is 1.45. The summed E-state index contributed by atoms with van der Waals surface area (Å²) in [5.41, 5.74) is 3.96. The van der Waals surface area contributed by atoms with Gasteiger partial charge in [-0.2, -0.15) is 0 Å². The lowest BCUT2D eigenvalue weighted by Crippen LogP contribution is -2.25. The van der Waals surface area contributed by atoms with E-state index in [1.807, 2.05) is 29.0 Å². The maximum Gasteiger partial charge on any atom is 0.356 e. The Hall–Kier alpha value is -3.42. The summed E-state index contributed by atoms with van der Waals surface area (Å²) in [7, 11) is 1.34. The number of methoxy groups -OCH3 is 1. The molecule has 6 nitrogen and oxygen atoms in total. The van der Waals surface area contributed by atoms with Gasteiger partial charge < -0.3 is 14.0 Å². The molecule has 1 aliphatic rings. The van der Waals surface area contributed by atoms with Crippen LogP contribution in [0.5, 0.6) is 5.75 Å². The smallest absolute Gasteiger partial charge is 0.356 e. The molecule has 0 N–H and O–H groups in total. The third-order valence-electron chi connectivity index (χ3n) is 5.71. The van der Waals surface area contributed by atoms with Gasteiger partial charge in [0.05, 0.1) is 17.6 Å². The van der Waals surface area contributed by atoms with Gasteiger partial charge in [-0.25, -0.2) is 14.2 Å². The van der Waals surface area contributed by atoms with Crippen LogP contribution in [-0.4, -0.2) is 40.7 Å². The Kier molecular flexibility index (Phi) is 5.74. The number of halogens is 2. The predicted molar refractivity (Wildman–Crippen MR) is 123 cm³/mol. The van der Waals surface area contributed by atoms with E-state index in [-0.39, 0.29) is 11.5 Å². The zero-order chi connectivity index (χ0) is 22.9.